The number of amides is 1. The van der Waals surface area contributed by atoms with E-state index in [1.165, 1.54) is 30.6 Å². The minimum atomic E-state index is -0.750. The number of nitrogens with zero attached hydrogens (tertiary/aromatic N) is 1. The molecule has 1 aromatic carbocycles. The lowest BCUT2D eigenvalue weighted by atomic mass is 10.2. The summed E-state index contributed by atoms with van der Waals surface area (Å²) in [6.45, 7) is 0. The summed E-state index contributed by atoms with van der Waals surface area (Å²) in [7, 11) is 0. The predicted molar refractivity (Wildman–Crippen MR) is 70.3 cm³/mol. The molecular weight excluding hydrogens is 294 g/mol. The molecule has 1 heterocycles. The smallest absolute Gasteiger partial charge is 0.257 e. The fourth-order valence-electron chi connectivity index (χ4n) is 1.38. The van der Waals surface area contributed by atoms with Crippen LogP contribution in [0.3, 0.4) is 0 Å². The maximum atomic E-state index is 13.2. The lowest BCUT2D eigenvalue weighted by molar-refractivity contribution is 0.102. The van der Waals surface area contributed by atoms with E-state index in [0.717, 1.165) is 0 Å². The molecular formula is C12H7Cl2FN2O2. The van der Waals surface area contributed by atoms with Crippen LogP contribution in [0, 0.1) is 5.82 Å². The van der Waals surface area contributed by atoms with Crippen molar-refractivity contribution in [2.45, 2.75) is 0 Å². The molecule has 0 saturated heterocycles. The lowest BCUT2D eigenvalue weighted by Crippen LogP contribution is -2.12. The third-order valence-electron chi connectivity index (χ3n) is 2.23. The van der Waals surface area contributed by atoms with E-state index in [9.17, 15) is 14.3 Å². The van der Waals surface area contributed by atoms with Crippen LogP contribution in [0.2, 0.25) is 10.0 Å². The van der Waals surface area contributed by atoms with Crippen LogP contribution in [-0.4, -0.2) is 16.0 Å². The number of aromatic hydroxyl groups is 1. The van der Waals surface area contributed by atoms with Crippen molar-refractivity contribution in [1.29, 1.82) is 0 Å². The summed E-state index contributed by atoms with van der Waals surface area (Å²) in [5.74, 6) is -1.41. The molecule has 0 bridgehead atoms. The molecule has 2 N–H and O–H groups in total. The molecule has 19 heavy (non-hydrogen) atoms. The Kier molecular flexibility index (Phi) is 3.87. The fourth-order valence-corrected chi connectivity index (χ4v) is 1.87. The first-order valence-corrected chi connectivity index (χ1v) is 5.83. The number of aromatic nitrogens is 1. The number of anilines is 1. The van der Waals surface area contributed by atoms with Crippen molar-refractivity contribution in [3.63, 3.8) is 0 Å². The molecule has 0 fully saturated rings. The van der Waals surface area contributed by atoms with Crippen LogP contribution < -0.4 is 5.32 Å². The summed E-state index contributed by atoms with van der Waals surface area (Å²) < 4.78 is 13.2. The Bertz CT molecular complexity index is 626. The molecule has 7 heteroatoms. The average Bonchev–Trinajstić information content (AvgIpc) is 2.36. The number of carbonyl (C=O) groups is 1. The minimum Gasteiger partial charge on any atom is -0.506 e. The number of nitrogens with one attached hydrogen (secondary N) is 1. The molecule has 0 spiro atoms. The summed E-state index contributed by atoms with van der Waals surface area (Å²) in [5, 5.41) is 11.3. The van der Waals surface area contributed by atoms with Crippen LogP contribution >= 0.6 is 23.2 Å². The van der Waals surface area contributed by atoms with Gasteiger partial charge in [0.1, 0.15) is 5.75 Å². The van der Waals surface area contributed by atoms with Gasteiger partial charge in [-0.1, -0.05) is 23.2 Å². The SMILES string of the molecule is O=C(Nc1cc(Cl)c(F)c(Cl)c1)c1cncc(O)c1. The number of halogens is 3. The zero-order valence-electron chi connectivity index (χ0n) is 9.32. The van der Waals surface area contributed by atoms with Crippen molar-refractivity contribution in [3.8, 4) is 5.75 Å². The van der Waals surface area contributed by atoms with Crippen LogP contribution in [0.1, 0.15) is 10.4 Å². The van der Waals surface area contributed by atoms with Gasteiger partial charge in [-0.2, -0.15) is 0 Å². The van der Waals surface area contributed by atoms with Crippen LogP contribution in [0.4, 0.5) is 10.1 Å². The molecule has 0 radical (unpaired) electrons. The molecule has 2 aromatic rings. The van der Waals surface area contributed by atoms with Gasteiger partial charge in [-0.05, 0) is 18.2 Å². The largest absolute Gasteiger partial charge is 0.506 e. The van der Waals surface area contributed by atoms with E-state index in [-0.39, 0.29) is 27.0 Å². The normalized spacial score (nSPS) is 10.3. The van der Waals surface area contributed by atoms with E-state index in [1.807, 2.05) is 0 Å². The maximum absolute atomic E-state index is 13.2. The standard InChI is InChI=1S/C12H7Cl2FN2O2/c13-9-2-7(3-10(14)11(9)15)17-12(19)6-1-8(18)5-16-4-6/h1-5,18H,(H,17,19). The van der Waals surface area contributed by atoms with Gasteiger partial charge in [-0.15, -0.1) is 0 Å². The molecule has 0 saturated carbocycles. The molecule has 0 atom stereocenters. The number of benzene rings is 1. The highest BCUT2D eigenvalue weighted by molar-refractivity contribution is 6.35. The molecule has 98 valence electrons. The third kappa shape index (κ3) is 3.13. The minimum absolute atomic E-state index is 0.136. The highest BCUT2D eigenvalue weighted by atomic mass is 35.5. The summed E-state index contributed by atoms with van der Waals surface area (Å²) in [4.78, 5) is 15.5. The van der Waals surface area contributed by atoms with E-state index in [0.29, 0.717) is 0 Å². The Morgan fingerprint density at radius 1 is 1.21 bits per heavy atom. The highest BCUT2D eigenvalue weighted by Crippen LogP contribution is 2.27. The second-order valence-corrected chi connectivity index (χ2v) is 4.45. The number of hydrogen-bond donors (Lipinski definition) is 2. The van der Waals surface area contributed by atoms with Gasteiger partial charge in [0.15, 0.2) is 5.82 Å². The molecule has 2 rings (SSSR count). The Morgan fingerprint density at radius 2 is 1.84 bits per heavy atom. The van der Waals surface area contributed by atoms with Gasteiger partial charge in [0, 0.05) is 11.9 Å². The summed E-state index contributed by atoms with van der Waals surface area (Å²) in [6.07, 6.45) is 2.48. The summed E-state index contributed by atoms with van der Waals surface area (Å²) in [5.41, 5.74) is 0.390. The van der Waals surface area contributed by atoms with Gasteiger partial charge in [-0.25, -0.2) is 4.39 Å². The average molecular weight is 301 g/mol. The van der Waals surface area contributed by atoms with E-state index < -0.39 is 11.7 Å². The van der Waals surface area contributed by atoms with Crippen molar-refractivity contribution in [3.05, 3.63) is 52.0 Å². The topological polar surface area (TPSA) is 62.2 Å². The van der Waals surface area contributed by atoms with Crippen molar-refractivity contribution < 1.29 is 14.3 Å². The molecule has 0 aliphatic carbocycles. The molecule has 0 unspecified atom stereocenters. The zero-order valence-corrected chi connectivity index (χ0v) is 10.8. The third-order valence-corrected chi connectivity index (χ3v) is 2.78. The molecule has 1 aromatic heterocycles. The van der Waals surface area contributed by atoms with Gasteiger partial charge >= 0.3 is 0 Å². The summed E-state index contributed by atoms with van der Waals surface area (Å²) >= 11 is 11.2. The number of hydrogen-bond acceptors (Lipinski definition) is 3. The second-order valence-electron chi connectivity index (χ2n) is 3.64. The van der Waals surface area contributed by atoms with Crippen LogP contribution in [-0.2, 0) is 0 Å². The van der Waals surface area contributed by atoms with Crippen molar-refractivity contribution in [2.75, 3.05) is 5.32 Å². The maximum Gasteiger partial charge on any atom is 0.257 e. The molecule has 0 aliphatic rings. The Labute approximate surface area is 117 Å². The summed E-state index contributed by atoms with van der Waals surface area (Å²) in [6, 6.07) is 3.71. The van der Waals surface area contributed by atoms with Gasteiger partial charge in [-0.3, -0.25) is 9.78 Å². The van der Waals surface area contributed by atoms with Gasteiger partial charge < -0.3 is 10.4 Å². The highest BCUT2D eigenvalue weighted by Gasteiger charge is 2.11. The van der Waals surface area contributed by atoms with Crippen LogP contribution in [0.25, 0.3) is 0 Å². The first-order chi connectivity index (χ1) is 8.97. The molecule has 1 amide bonds. The Morgan fingerprint density at radius 3 is 2.42 bits per heavy atom. The quantitative estimate of drug-likeness (QED) is 0.835. The van der Waals surface area contributed by atoms with Crippen molar-refractivity contribution >= 4 is 34.8 Å². The zero-order chi connectivity index (χ0) is 14.0. The van der Waals surface area contributed by atoms with E-state index in [2.05, 4.69) is 10.3 Å². The predicted octanol–water partition coefficient (Wildman–Crippen LogP) is 3.49. The molecule has 0 aliphatic heterocycles. The first-order valence-electron chi connectivity index (χ1n) is 5.07. The van der Waals surface area contributed by atoms with Crippen LogP contribution in [0.5, 0.6) is 5.75 Å². The Balaban J connectivity index is 2.24. The Hall–Kier alpha value is -1.85. The van der Waals surface area contributed by atoms with Gasteiger partial charge in [0.2, 0.25) is 0 Å². The van der Waals surface area contributed by atoms with Gasteiger partial charge in [0.25, 0.3) is 5.91 Å². The van der Waals surface area contributed by atoms with E-state index >= 15 is 0 Å². The van der Waals surface area contributed by atoms with Crippen molar-refractivity contribution in [2.24, 2.45) is 0 Å². The second kappa shape index (κ2) is 5.42. The van der Waals surface area contributed by atoms with Gasteiger partial charge in [0.05, 0.1) is 21.8 Å². The fraction of sp³-hybridized carbons (Fsp3) is 0. The van der Waals surface area contributed by atoms with E-state index in [1.54, 1.807) is 0 Å². The molecule has 4 nitrogen and oxygen atoms in total. The number of carbonyl (C=O) groups excluding carboxylic acids is 1. The van der Waals surface area contributed by atoms with Crippen LogP contribution in [0.15, 0.2) is 30.6 Å². The number of rotatable bonds is 2. The first kappa shape index (κ1) is 13.6. The van der Waals surface area contributed by atoms with E-state index in [4.69, 9.17) is 23.2 Å². The monoisotopic (exact) mass is 300 g/mol. The van der Waals surface area contributed by atoms with Crippen molar-refractivity contribution in [1.82, 2.24) is 4.98 Å². The number of pyridine rings is 1. The lowest BCUT2D eigenvalue weighted by Gasteiger charge is -2.07.